The molecule has 0 aromatic heterocycles. The van der Waals surface area contributed by atoms with Gasteiger partial charge in [0.25, 0.3) is 0 Å². The Balaban J connectivity index is 1.76. The number of nitrogens with one attached hydrogen (secondary N) is 1. The molecular formula is C22H21Cl2FN2O2. The van der Waals surface area contributed by atoms with Gasteiger partial charge >= 0.3 is 0 Å². The molecule has 0 radical (unpaired) electrons. The van der Waals surface area contributed by atoms with Crippen molar-refractivity contribution in [2.45, 2.75) is 30.8 Å². The Kier molecular flexibility index (Phi) is 4.63. The summed E-state index contributed by atoms with van der Waals surface area (Å²) in [6, 6.07) is 10.5. The smallest absolute Gasteiger partial charge is 0.250 e. The zero-order valence-electron chi connectivity index (χ0n) is 15.9. The molecule has 2 aromatic carbocycles. The molecule has 2 aromatic rings. The highest BCUT2D eigenvalue weighted by Crippen LogP contribution is 2.58. The fraction of sp³-hybridized carbons (Fsp3) is 0.409. The normalized spacial score (nSPS) is 31.4. The summed E-state index contributed by atoms with van der Waals surface area (Å²) in [6.07, 6.45) is 0.611. The molecule has 4 nitrogen and oxygen atoms in total. The van der Waals surface area contributed by atoms with Crippen molar-refractivity contribution < 1.29 is 13.9 Å². The second-order valence-corrected chi connectivity index (χ2v) is 9.13. The zero-order chi connectivity index (χ0) is 20.3. The Morgan fingerprint density at radius 3 is 2.90 bits per heavy atom. The van der Waals surface area contributed by atoms with Crippen LogP contribution in [0.5, 0.6) is 0 Å². The summed E-state index contributed by atoms with van der Waals surface area (Å²) in [7, 11) is 0. The van der Waals surface area contributed by atoms with Gasteiger partial charge in [0.2, 0.25) is 5.91 Å². The molecule has 1 spiro atoms. The lowest BCUT2D eigenvalue weighted by atomic mass is 9.75. The van der Waals surface area contributed by atoms with Gasteiger partial charge in [0.15, 0.2) is 0 Å². The van der Waals surface area contributed by atoms with Crippen LogP contribution in [0.2, 0.25) is 10.0 Å². The molecule has 0 bridgehead atoms. The highest BCUT2D eigenvalue weighted by molar-refractivity contribution is 6.31. The van der Waals surface area contributed by atoms with Crippen LogP contribution in [0.3, 0.4) is 0 Å². The first-order valence-corrected chi connectivity index (χ1v) is 10.6. The predicted octanol–water partition coefficient (Wildman–Crippen LogP) is 4.80. The van der Waals surface area contributed by atoms with Crippen molar-refractivity contribution >= 4 is 34.8 Å². The second-order valence-electron chi connectivity index (χ2n) is 8.29. The van der Waals surface area contributed by atoms with Crippen molar-refractivity contribution in [3.05, 3.63) is 63.4 Å². The Bertz CT molecular complexity index is 1000. The number of anilines is 1. The molecule has 0 aliphatic carbocycles. The standard InChI is InChI=1S/C22H21Cl2FN2O2/c1-12-9-27-14(11-29-10-12)8-17(15-3-2-4-18(24)20(15)25)22(27)16-6-5-13(23)7-19(16)26-21(22)28/h2-7,12,14,17H,8-11H2,1H3,(H,26,28)/t12?,14-,17-,22-/m1/s1. The average Bonchev–Trinajstić information content (AvgIpc) is 3.06. The summed E-state index contributed by atoms with van der Waals surface area (Å²) >= 11 is 12.3. The molecule has 5 rings (SSSR count). The molecule has 152 valence electrons. The number of hydrogen-bond acceptors (Lipinski definition) is 3. The van der Waals surface area contributed by atoms with Gasteiger partial charge in [0, 0.05) is 34.8 Å². The van der Waals surface area contributed by atoms with Crippen LogP contribution in [0.4, 0.5) is 10.1 Å². The van der Waals surface area contributed by atoms with E-state index in [0.717, 1.165) is 5.56 Å². The van der Waals surface area contributed by atoms with Crippen LogP contribution >= 0.6 is 23.2 Å². The van der Waals surface area contributed by atoms with Crippen LogP contribution in [0.25, 0.3) is 0 Å². The van der Waals surface area contributed by atoms with E-state index >= 15 is 4.39 Å². The van der Waals surface area contributed by atoms with E-state index in [2.05, 4.69) is 17.1 Å². The maximum absolute atomic E-state index is 15.2. The first kappa shape index (κ1) is 19.3. The molecule has 4 atom stereocenters. The Morgan fingerprint density at radius 1 is 1.24 bits per heavy atom. The summed E-state index contributed by atoms with van der Waals surface area (Å²) in [5.74, 6) is -0.734. The van der Waals surface area contributed by atoms with Gasteiger partial charge in [-0.25, -0.2) is 4.39 Å². The zero-order valence-corrected chi connectivity index (χ0v) is 17.4. The van der Waals surface area contributed by atoms with Crippen molar-refractivity contribution in [1.82, 2.24) is 4.90 Å². The van der Waals surface area contributed by atoms with Crippen molar-refractivity contribution in [3.63, 3.8) is 0 Å². The molecule has 1 amide bonds. The Morgan fingerprint density at radius 2 is 2.07 bits per heavy atom. The number of fused-ring (bicyclic) bond motifs is 4. The van der Waals surface area contributed by atoms with Crippen molar-refractivity contribution in [2.24, 2.45) is 5.92 Å². The quantitative estimate of drug-likeness (QED) is 0.700. The highest BCUT2D eigenvalue weighted by atomic mass is 35.5. The number of hydrogen-bond donors (Lipinski definition) is 1. The average molecular weight is 435 g/mol. The number of carbonyl (C=O) groups is 1. The first-order chi connectivity index (χ1) is 13.9. The van der Waals surface area contributed by atoms with Crippen LogP contribution < -0.4 is 5.32 Å². The predicted molar refractivity (Wildman–Crippen MR) is 111 cm³/mol. The number of ether oxygens (including phenoxy) is 1. The molecule has 1 unspecified atom stereocenters. The summed E-state index contributed by atoms with van der Waals surface area (Å²) < 4.78 is 21.0. The SMILES string of the molecule is CC1COC[C@H]2C[C@H](c3cccc(Cl)c3F)[C@]3(C(=O)Nc4cc(Cl)ccc43)N2C1. The molecule has 2 fully saturated rings. The highest BCUT2D eigenvalue weighted by Gasteiger charge is 2.63. The van der Waals surface area contributed by atoms with Gasteiger partial charge in [0.1, 0.15) is 11.4 Å². The lowest BCUT2D eigenvalue weighted by molar-refractivity contribution is -0.128. The van der Waals surface area contributed by atoms with Crippen molar-refractivity contribution in [1.29, 1.82) is 0 Å². The van der Waals surface area contributed by atoms with Gasteiger partial charge < -0.3 is 10.1 Å². The van der Waals surface area contributed by atoms with E-state index in [-0.39, 0.29) is 28.8 Å². The van der Waals surface area contributed by atoms with E-state index in [1.54, 1.807) is 24.3 Å². The lowest BCUT2D eigenvalue weighted by Gasteiger charge is -2.39. The number of nitrogens with zero attached hydrogens (tertiary/aromatic N) is 1. The fourth-order valence-electron chi connectivity index (χ4n) is 5.37. The lowest BCUT2D eigenvalue weighted by Crippen LogP contribution is -2.53. The third kappa shape index (κ3) is 2.75. The molecule has 0 saturated carbocycles. The molecule has 3 aliphatic heterocycles. The molecule has 2 saturated heterocycles. The van der Waals surface area contributed by atoms with E-state index in [1.165, 1.54) is 6.07 Å². The topological polar surface area (TPSA) is 41.6 Å². The van der Waals surface area contributed by atoms with Crippen LogP contribution in [-0.2, 0) is 15.1 Å². The Hall–Kier alpha value is -1.66. The van der Waals surface area contributed by atoms with Gasteiger partial charge in [-0.1, -0.05) is 48.3 Å². The van der Waals surface area contributed by atoms with Crippen molar-refractivity contribution in [3.8, 4) is 0 Å². The minimum absolute atomic E-state index is 0.00992. The van der Waals surface area contributed by atoms with E-state index in [1.807, 2.05) is 6.07 Å². The number of amides is 1. The second kappa shape index (κ2) is 6.95. The number of carbonyl (C=O) groups excluding carboxylic acids is 1. The minimum Gasteiger partial charge on any atom is -0.379 e. The molecule has 3 aliphatic rings. The van der Waals surface area contributed by atoms with E-state index in [9.17, 15) is 4.79 Å². The van der Waals surface area contributed by atoms with Gasteiger partial charge in [-0.2, -0.15) is 0 Å². The number of halogens is 3. The maximum Gasteiger partial charge on any atom is 0.250 e. The summed E-state index contributed by atoms with van der Waals surface area (Å²) in [5, 5.41) is 3.63. The van der Waals surface area contributed by atoms with Gasteiger partial charge in [-0.3, -0.25) is 9.69 Å². The molecule has 7 heteroatoms. The van der Waals surface area contributed by atoms with E-state index < -0.39 is 11.4 Å². The van der Waals surface area contributed by atoms with Crippen LogP contribution in [0.15, 0.2) is 36.4 Å². The van der Waals surface area contributed by atoms with E-state index in [0.29, 0.717) is 42.5 Å². The van der Waals surface area contributed by atoms with Gasteiger partial charge in [-0.15, -0.1) is 0 Å². The molecular weight excluding hydrogens is 414 g/mol. The van der Waals surface area contributed by atoms with Crippen LogP contribution in [0.1, 0.15) is 30.4 Å². The molecule has 3 heterocycles. The maximum atomic E-state index is 15.2. The summed E-state index contributed by atoms with van der Waals surface area (Å²) in [4.78, 5) is 15.9. The molecule has 29 heavy (non-hydrogen) atoms. The summed E-state index contributed by atoms with van der Waals surface area (Å²) in [5.41, 5.74) is 0.982. The fourth-order valence-corrected chi connectivity index (χ4v) is 5.72. The third-order valence-corrected chi connectivity index (χ3v) is 7.00. The third-order valence-electron chi connectivity index (χ3n) is 6.47. The van der Waals surface area contributed by atoms with Crippen LogP contribution in [0, 0.1) is 11.7 Å². The first-order valence-electron chi connectivity index (χ1n) is 9.82. The number of rotatable bonds is 1. The largest absolute Gasteiger partial charge is 0.379 e. The molecule has 1 N–H and O–H groups in total. The van der Waals surface area contributed by atoms with Gasteiger partial charge in [0.05, 0.1) is 18.2 Å². The summed E-state index contributed by atoms with van der Waals surface area (Å²) in [6.45, 7) is 3.97. The van der Waals surface area contributed by atoms with Crippen molar-refractivity contribution in [2.75, 3.05) is 25.1 Å². The number of benzene rings is 2. The minimum atomic E-state index is -1.02. The monoisotopic (exact) mass is 434 g/mol. The Labute approximate surface area is 178 Å². The van der Waals surface area contributed by atoms with E-state index in [4.69, 9.17) is 27.9 Å². The van der Waals surface area contributed by atoms with Gasteiger partial charge in [-0.05, 0) is 36.1 Å². The van der Waals surface area contributed by atoms with Crippen LogP contribution in [-0.4, -0.2) is 36.6 Å².